The molecule has 4 nitrogen and oxygen atoms in total. The van der Waals surface area contributed by atoms with E-state index in [1.165, 1.54) is 15.6 Å². The van der Waals surface area contributed by atoms with Gasteiger partial charge in [0.1, 0.15) is 10.6 Å². The number of thiophene rings is 1. The number of ether oxygens (including phenoxy) is 1. The van der Waals surface area contributed by atoms with Gasteiger partial charge in [-0.2, -0.15) is 4.31 Å². The van der Waals surface area contributed by atoms with Gasteiger partial charge in [-0.05, 0) is 37.3 Å². The van der Waals surface area contributed by atoms with Crippen LogP contribution in [-0.2, 0) is 16.6 Å². The number of halogens is 2. The van der Waals surface area contributed by atoms with Crippen molar-refractivity contribution in [1.29, 1.82) is 0 Å². The first-order valence-electron chi connectivity index (χ1n) is 6.47. The van der Waals surface area contributed by atoms with Crippen LogP contribution < -0.4 is 4.74 Å². The summed E-state index contributed by atoms with van der Waals surface area (Å²) < 4.78 is 33.6. The third-order valence-corrected chi connectivity index (χ3v) is 6.43. The number of nitrogens with zero attached hydrogens (tertiary/aromatic N) is 1. The van der Waals surface area contributed by atoms with Gasteiger partial charge >= 0.3 is 0 Å². The molecule has 0 bridgehead atoms. The Bertz CT molecular complexity index is 761. The van der Waals surface area contributed by atoms with E-state index in [9.17, 15) is 8.42 Å². The minimum Gasteiger partial charge on any atom is -0.492 e. The molecule has 0 aliphatic heterocycles. The van der Waals surface area contributed by atoms with Gasteiger partial charge in [0.05, 0.1) is 10.9 Å². The smallest absolute Gasteiger partial charge is 0.246 e. The topological polar surface area (TPSA) is 46.6 Å². The van der Waals surface area contributed by atoms with Crippen LogP contribution in [0.1, 0.15) is 11.8 Å². The summed E-state index contributed by atoms with van der Waals surface area (Å²) in [6.45, 7) is 2.47. The van der Waals surface area contributed by atoms with Crippen LogP contribution >= 0.6 is 38.9 Å². The minimum absolute atomic E-state index is 0.147. The zero-order chi connectivity index (χ0) is 16.3. The summed E-state index contributed by atoms with van der Waals surface area (Å²) in [6.07, 6.45) is 0. The van der Waals surface area contributed by atoms with Crippen LogP contribution in [0.5, 0.6) is 5.75 Å². The van der Waals surface area contributed by atoms with Gasteiger partial charge < -0.3 is 4.74 Å². The lowest BCUT2D eigenvalue weighted by Crippen LogP contribution is -2.26. The average Bonchev–Trinajstić information content (AvgIpc) is 2.86. The zero-order valence-electron chi connectivity index (χ0n) is 12.0. The summed E-state index contributed by atoms with van der Waals surface area (Å²) in [7, 11) is -2.12. The van der Waals surface area contributed by atoms with Crippen molar-refractivity contribution in [2.75, 3.05) is 13.7 Å². The molecular weight excluding hydrogens is 410 g/mol. The maximum atomic E-state index is 12.8. The van der Waals surface area contributed by atoms with E-state index < -0.39 is 10.0 Å². The standard InChI is InChI=1S/C14H15BrClNO3S2/c1-3-20-12-6-4-10(15)8-13(12)22(18,19)17(2)9-11-5-7-14(16)21-11/h4-8H,3,9H2,1-2H3. The molecule has 0 saturated carbocycles. The first-order valence-corrected chi connectivity index (χ1v) is 9.90. The molecule has 0 atom stereocenters. The quantitative estimate of drug-likeness (QED) is 0.691. The minimum atomic E-state index is -3.66. The number of hydrogen-bond donors (Lipinski definition) is 0. The zero-order valence-corrected chi connectivity index (χ0v) is 16.0. The van der Waals surface area contributed by atoms with Gasteiger partial charge in [-0.25, -0.2) is 8.42 Å². The summed E-state index contributed by atoms with van der Waals surface area (Å²) >= 11 is 10.6. The van der Waals surface area contributed by atoms with Crippen LogP contribution in [0.4, 0.5) is 0 Å². The summed E-state index contributed by atoms with van der Waals surface area (Å²) in [5, 5.41) is 0. The van der Waals surface area contributed by atoms with Gasteiger partial charge in [0, 0.05) is 22.9 Å². The predicted molar refractivity (Wildman–Crippen MR) is 93.3 cm³/mol. The second-order valence-electron chi connectivity index (χ2n) is 4.49. The van der Waals surface area contributed by atoms with Crippen molar-refractivity contribution in [1.82, 2.24) is 4.31 Å². The van der Waals surface area contributed by atoms with Gasteiger partial charge in [-0.15, -0.1) is 11.3 Å². The molecule has 0 aliphatic carbocycles. The van der Waals surface area contributed by atoms with E-state index in [2.05, 4.69) is 15.9 Å². The maximum absolute atomic E-state index is 12.8. The van der Waals surface area contributed by atoms with Crippen molar-refractivity contribution >= 4 is 48.9 Å². The molecule has 8 heteroatoms. The van der Waals surface area contributed by atoms with Crippen LogP contribution in [0, 0.1) is 0 Å². The second-order valence-corrected chi connectivity index (χ2v) is 9.22. The fourth-order valence-corrected chi connectivity index (χ4v) is 4.90. The van der Waals surface area contributed by atoms with Crippen LogP contribution in [0.2, 0.25) is 4.34 Å². The molecule has 0 radical (unpaired) electrons. The number of benzene rings is 1. The first-order chi connectivity index (χ1) is 10.3. The van der Waals surface area contributed by atoms with Gasteiger partial charge in [-0.1, -0.05) is 27.5 Å². The molecule has 2 aromatic rings. The van der Waals surface area contributed by atoms with Gasteiger partial charge in [0.25, 0.3) is 0 Å². The molecule has 1 aromatic heterocycles. The maximum Gasteiger partial charge on any atom is 0.246 e. The SMILES string of the molecule is CCOc1ccc(Br)cc1S(=O)(=O)N(C)Cc1ccc(Cl)s1. The molecule has 0 fully saturated rings. The third kappa shape index (κ3) is 4.02. The number of sulfonamides is 1. The summed E-state index contributed by atoms with van der Waals surface area (Å²) in [5.74, 6) is 0.349. The Hall–Kier alpha value is -0.600. The van der Waals surface area contributed by atoms with E-state index in [0.717, 1.165) is 4.88 Å². The Morgan fingerprint density at radius 1 is 1.32 bits per heavy atom. The van der Waals surface area contributed by atoms with Gasteiger partial charge in [0.15, 0.2) is 0 Å². The molecule has 2 rings (SSSR count). The molecule has 120 valence electrons. The lowest BCUT2D eigenvalue weighted by molar-refractivity contribution is 0.329. The summed E-state index contributed by atoms with van der Waals surface area (Å²) in [5.41, 5.74) is 0. The molecule has 0 amide bonds. The van der Waals surface area contributed by atoms with Crippen molar-refractivity contribution in [3.63, 3.8) is 0 Å². The van der Waals surface area contributed by atoms with Crippen molar-refractivity contribution < 1.29 is 13.2 Å². The van der Waals surface area contributed by atoms with Crippen LogP contribution in [-0.4, -0.2) is 26.4 Å². The molecule has 0 aliphatic rings. The van der Waals surface area contributed by atoms with Gasteiger partial charge in [-0.3, -0.25) is 0 Å². The molecule has 1 aromatic carbocycles. The highest BCUT2D eigenvalue weighted by atomic mass is 79.9. The Kier molecular flexibility index (Phi) is 5.90. The fourth-order valence-electron chi connectivity index (χ4n) is 1.87. The van der Waals surface area contributed by atoms with Crippen molar-refractivity contribution in [3.05, 3.63) is 44.0 Å². The largest absolute Gasteiger partial charge is 0.492 e. The van der Waals surface area contributed by atoms with E-state index in [1.807, 2.05) is 13.0 Å². The Labute approximate surface area is 147 Å². The van der Waals surface area contributed by atoms with E-state index in [1.54, 1.807) is 31.3 Å². The molecule has 0 spiro atoms. The van der Waals surface area contributed by atoms with E-state index in [-0.39, 0.29) is 11.4 Å². The van der Waals surface area contributed by atoms with E-state index >= 15 is 0 Å². The van der Waals surface area contributed by atoms with E-state index in [0.29, 0.717) is 21.2 Å². The van der Waals surface area contributed by atoms with E-state index in [4.69, 9.17) is 16.3 Å². The molecule has 0 N–H and O–H groups in total. The number of rotatable bonds is 6. The van der Waals surface area contributed by atoms with Crippen molar-refractivity contribution in [3.8, 4) is 5.75 Å². The second kappa shape index (κ2) is 7.31. The van der Waals surface area contributed by atoms with Crippen molar-refractivity contribution in [2.24, 2.45) is 0 Å². The normalized spacial score (nSPS) is 11.9. The van der Waals surface area contributed by atoms with Crippen LogP contribution in [0.25, 0.3) is 0 Å². The Morgan fingerprint density at radius 3 is 2.64 bits per heavy atom. The monoisotopic (exact) mass is 423 g/mol. The van der Waals surface area contributed by atoms with Crippen LogP contribution in [0.15, 0.2) is 39.7 Å². The lowest BCUT2D eigenvalue weighted by atomic mass is 10.3. The average molecular weight is 425 g/mol. The van der Waals surface area contributed by atoms with Crippen LogP contribution in [0.3, 0.4) is 0 Å². The lowest BCUT2D eigenvalue weighted by Gasteiger charge is -2.19. The summed E-state index contributed by atoms with van der Waals surface area (Å²) in [6, 6.07) is 8.54. The predicted octanol–water partition coefficient (Wildman–Crippen LogP) is 4.38. The first kappa shape index (κ1) is 17.7. The number of hydrogen-bond acceptors (Lipinski definition) is 4. The molecule has 0 saturated heterocycles. The fraction of sp³-hybridized carbons (Fsp3) is 0.286. The highest BCUT2D eigenvalue weighted by Crippen LogP contribution is 2.31. The Morgan fingerprint density at radius 2 is 2.05 bits per heavy atom. The molecule has 22 heavy (non-hydrogen) atoms. The van der Waals surface area contributed by atoms with Crippen molar-refractivity contribution in [2.45, 2.75) is 18.4 Å². The molecule has 0 unspecified atom stereocenters. The molecular formula is C14H15BrClNO3S2. The summed E-state index contributed by atoms with van der Waals surface area (Å²) in [4.78, 5) is 1.03. The van der Waals surface area contributed by atoms with Gasteiger partial charge in [0.2, 0.25) is 10.0 Å². The highest BCUT2D eigenvalue weighted by molar-refractivity contribution is 9.10. The highest BCUT2D eigenvalue weighted by Gasteiger charge is 2.25. The Balaban J connectivity index is 2.34. The third-order valence-electron chi connectivity index (χ3n) is 2.90. The molecule has 1 heterocycles.